The second kappa shape index (κ2) is 27.8. The highest BCUT2D eigenvalue weighted by Crippen LogP contribution is 2.45. The number of hydrogen-bond donors (Lipinski definition) is 0. The summed E-state index contributed by atoms with van der Waals surface area (Å²) in [6.45, 7) is 8.35. The van der Waals surface area contributed by atoms with Crippen molar-refractivity contribution >= 4 is 101 Å². The van der Waals surface area contributed by atoms with Gasteiger partial charge in [-0.1, -0.05) is 182 Å². The van der Waals surface area contributed by atoms with Crippen LogP contribution in [0.1, 0.15) is 71.4 Å². The van der Waals surface area contributed by atoms with Crippen molar-refractivity contribution in [3.05, 3.63) is 396 Å². The summed E-state index contributed by atoms with van der Waals surface area (Å²) in [5.74, 6) is -0.423. The standard InChI is InChI=1S/C92H69N3O6/c1-62-17-11-26-77(59-62)93(86-32-14-23-65-20-5-8-29-83(65)86)74-47-35-68(36-48-74)89(96)99-80-53-41-71(42-54-80)92(4,72-43-55-81(56-44-72)100-90(97)69-37-49-75(50-38-69)94(78-27-12-18-63(2)60-78)87-33-15-24-66-21-6-9-30-84(66)87)73-45-57-82(58-46-73)101-91(98)70-39-51-76(52-40-70)95(79-28-13-19-64(3)61-79)88-34-16-25-67-22-7-10-31-85(67)88/h5-61H,1-4H3. The molecular formula is C92H69N3O6. The number of anilines is 9. The minimum absolute atomic E-state index is 0.362. The van der Waals surface area contributed by atoms with E-state index in [1.54, 1.807) is 72.8 Å². The van der Waals surface area contributed by atoms with Gasteiger partial charge in [0.05, 0.1) is 33.8 Å². The van der Waals surface area contributed by atoms with E-state index in [0.29, 0.717) is 33.9 Å². The fourth-order valence-electron chi connectivity index (χ4n) is 13.6. The number of hydrogen-bond acceptors (Lipinski definition) is 9. The lowest BCUT2D eigenvalue weighted by atomic mass is 9.71. The van der Waals surface area contributed by atoms with Gasteiger partial charge < -0.3 is 28.9 Å². The number of ether oxygens (including phenoxy) is 3. The molecule has 0 aliphatic carbocycles. The number of rotatable bonds is 18. The summed E-state index contributed by atoms with van der Waals surface area (Å²) in [7, 11) is 0. The largest absolute Gasteiger partial charge is 0.423 e. The van der Waals surface area contributed by atoms with E-state index in [-0.39, 0.29) is 0 Å². The second-order valence-corrected chi connectivity index (χ2v) is 25.5. The molecule has 0 aliphatic rings. The molecular weight excluding hydrogens is 1240 g/mol. The molecule has 15 rings (SSSR count). The van der Waals surface area contributed by atoms with Crippen LogP contribution in [0.5, 0.6) is 17.2 Å². The third-order valence-corrected chi connectivity index (χ3v) is 18.8. The van der Waals surface area contributed by atoms with Gasteiger partial charge >= 0.3 is 17.9 Å². The van der Waals surface area contributed by atoms with Crippen molar-refractivity contribution in [2.45, 2.75) is 33.1 Å². The van der Waals surface area contributed by atoms with E-state index in [1.807, 2.05) is 109 Å². The molecule has 0 unspecified atom stereocenters. The lowest BCUT2D eigenvalue weighted by Gasteiger charge is -2.32. The van der Waals surface area contributed by atoms with Crippen LogP contribution in [0, 0.1) is 20.8 Å². The SMILES string of the molecule is Cc1cccc(N(c2ccc(C(=O)Oc3ccc(C(C)(c4ccc(OC(=O)c5ccc(N(c6cccc(C)c6)c6cccc7ccccc67)cc5)cc4)c4ccc(OC(=O)c5ccc(N(c6cccc(C)c6)c6cccc7ccccc67)cc5)cc4)cc3)cc2)c2cccc3ccccc23)c1. The van der Waals surface area contributed by atoms with Gasteiger partial charge in [-0.15, -0.1) is 0 Å². The fourth-order valence-corrected chi connectivity index (χ4v) is 13.6. The molecule has 0 fully saturated rings. The van der Waals surface area contributed by atoms with Crippen LogP contribution in [0.15, 0.2) is 346 Å². The van der Waals surface area contributed by atoms with E-state index in [2.05, 4.69) is 206 Å². The highest BCUT2D eigenvalue weighted by molar-refractivity contribution is 6.03. The van der Waals surface area contributed by atoms with Gasteiger partial charge in [-0.2, -0.15) is 0 Å². The number of carbonyl (C=O) groups is 3. The maximum atomic E-state index is 14.1. The minimum Gasteiger partial charge on any atom is -0.423 e. The molecule has 488 valence electrons. The number of esters is 3. The predicted molar refractivity (Wildman–Crippen MR) is 410 cm³/mol. The van der Waals surface area contributed by atoms with E-state index in [0.717, 1.165) is 117 Å². The molecule has 0 heterocycles. The summed E-state index contributed by atoms with van der Waals surface area (Å²) >= 11 is 0. The highest BCUT2D eigenvalue weighted by atomic mass is 16.5. The number of nitrogens with zero attached hydrogens (tertiary/aromatic N) is 3. The Kier molecular flexibility index (Phi) is 17.6. The van der Waals surface area contributed by atoms with Crippen LogP contribution in [0.4, 0.5) is 51.2 Å². The van der Waals surface area contributed by atoms with Crippen LogP contribution in [-0.2, 0) is 5.41 Å². The molecule has 9 heteroatoms. The van der Waals surface area contributed by atoms with Crippen molar-refractivity contribution < 1.29 is 28.6 Å². The summed E-state index contributed by atoms with van der Waals surface area (Å²) in [6.07, 6.45) is 0. The lowest BCUT2D eigenvalue weighted by molar-refractivity contribution is 0.0725. The Hall–Kier alpha value is -13.1. The van der Waals surface area contributed by atoms with E-state index in [1.165, 1.54) is 0 Å². The van der Waals surface area contributed by atoms with Crippen molar-refractivity contribution in [2.24, 2.45) is 0 Å². The molecule has 101 heavy (non-hydrogen) atoms. The van der Waals surface area contributed by atoms with E-state index in [4.69, 9.17) is 14.2 Å². The van der Waals surface area contributed by atoms with Crippen LogP contribution < -0.4 is 28.9 Å². The summed E-state index contributed by atoms with van der Waals surface area (Å²) in [4.78, 5) is 48.8. The Morgan fingerprint density at radius 2 is 0.505 bits per heavy atom. The summed E-state index contributed by atoms with van der Waals surface area (Å²) in [6, 6.07) is 114. The average molecular weight is 1310 g/mol. The average Bonchev–Trinajstić information content (AvgIpc) is 0.785. The predicted octanol–water partition coefficient (Wildman–Crippen LogP) is 23.5. The topological polar surface area (TPSA) is 88.6 Å². The zero-order chi connectivity index (χ0) is 69.0. The number of carbonyl (C=O) groups excluding carboxylic acids is 3. The van der Waals surface area contributed by atoms with Gasteiger partial charge in [0.15, 0.2) is 0 Å². The molecule has 0 aliphatic heterocycles. The van der Waals surface area contributed by atoms with E-state index in [9.17, 15) is 14.4 Å². The van der Waals surface area contributed by atoms with E-state index < -0.39 is 23.3 Å². The molecule has 0 bridgehead atoms. The zero-order valence-electron chi connectivity index (χ0n) is 56.2. The van der Waals surface area contributed by atoms with Crippen molar-refractivity contribution in [3.63, 3.8) is 0 Å². The van der Waals surface area contributed by atoms with Crippen LogP contribution in [0.2, 0.25) is 0 Å². The van der Waals surface area contributed by atoms with Crippen molar-refractivity contribution in [3.8, 4) is 17.2 Å². The molecule has 0 amide bonds. The number of aryl methyl sites for hydroxylation is 3. The molecule has 0 N–H and O–H groups in total. The Morgan fingerprint density at radius 3 is 0.772 bits per heavy atom. The van der Waals surface area contributed by atoms with Gasteiger partial charge in [-0.3, -0.25) is 0 Å². The van der Waals surface area contributed by atoms with Crippen molar-refractivity contribution in [2.75, 3.05) is 14.7 Å². The van der Waals surface area contributed by atoms with Crippen LogP contribution in [0.25, 0.3) is 32.3 Å². The van der Waals surface area contributed by atoms with Crippen LogP contribution >= 0.6 is 0 Å². The molecule has 0 saturated carbocycles. The Balaban J connectivity index is 0.697. The van der Waals surface area contributed by atoms with Crippen molar-refractivity contribution in [1.82, 2.24) is 0 Å². The van der Waals surface area contributed by atoms with Crippen LogP contribution in [0.3, 0.4) is 0 Å². The minimum atomic E-state index is -0.858. The monoisotopic (exact) mass is 1310 g/mol. The normalized spacial score (nSPS) is 11.3. The molecule has 15 aromatic rings. The maximum Gasteiger partial charge on any atom is 0.343 e. The summed E-state index contributed by atoms with van der Waals surface area (Å²) < 4.78 is 18.3. The van der Waals surface area contributed by atoms with Crippen LogP contribution in [-0.4, -0.2) is 17.9 Å². The highest BCUT2D eigenvalue weighted by Gasteiger charge is 2.32. The molecule has 9 nitrogen and oxygen atoms in total. The Labute approximate surface area is 587 Å². The summed E-state index contributed by atoms with van der Waals surface area (Å²) in [5.41, 5.74) is 15.0. The molecule has 0 radical (unpaired) electrons. The Bertz CT molecular complexity index is 5000. The third-order valence-electron chi connectivity index (χ3n) is 18.8. The lowest BCUT2D eigenvalue weighted by Crippen LogP contribution is -2.25. The first kappa shape index (κ1) is 63.9. The first-order chi connectivity index (χ1) is 49.4. The smallest absolute Gasteiger partial charge is 0.343 e. The Morgan fingerprint density at radius 1 is 0.257 bits per heavy atom. The van der Waals surface area contributed by atoms with Gasteiger partial charge in [0.2, 0.25) is 0 Å². The molecule has 0 atom stereocenters. The number of fused-ring (bicyclic) bond motifs is 3. The van der Waals surface area contributed by atoms with Crippen molar-refractivity contribution in [1.29, 1.82) is 0 Å². The van der Waals surface area contributed by atoms with E-state index >= 15 is 0 Å². The molecule has 0 aromatic heterocycles. The first-order valence-electron chi connectivity index (χ1n) is 33.7. The first-order valence-corrected chi connectivity index (χ1v) is 33.7. The number of benzene rings is 15. The second-order valence-electron chi connectivity index (χ2n) is 25.5. The zero-order valence-corrected chi connectivity index (χ0v) is 56.2. The fraction of sp³-hybridized carbons (Fsp3) is 0.0543. The molecule has 15 aromatic carbocycles. The molecule has 0 spiro atoms. The van der Waals surface area contributed by atoms with Gasteiger partial charge in [0, 0.05) is 55.7 Å². The van der Waals surface area contributed by atoms with Gasteiger partial charge in [0.1, 0.15) is 17.2 Å². The third kappa shape index (κ3) is 13.2. The quantitative estimate of drug-likeness (QED) is 0.0473. The van der Waals surface area contributed by atoms with Gasteiger partial charge in [-0.05, 0) is 241 Å². The summed E-state index contributed by atoms with van der Waals surface area (Å²) in [5, 5.41) is 6.68. The van der Waals surface area contributed by atoms with Gasteiger partial charge in [0.25, 0.3) is 0 Å². The maximum absolute atomic E-state index is 14.1. The molecule has 0 saturated heterocycles. The van der Waals surface area contributed by atoms with Gasteiger partial charge in [-0.25, -0.2) is 14.4 Å².